The summed E-state index contributed by atoms with van der Waals surface area (Å²) in [7, 11) is 1.43. The van der Waals surface area contributed by atoms with E-state index in [9.17, 15) is 34.7 Å². The van der Waals surface area contributed by atoms with Crippen LogP contribution < -0.4 is 20.7 Å². The van der Waals surface area contributed by atoms with Crippen molar-refractivity contribution in [2.45, 2.75) is 63.5 Å². The monoisotopic (exact) mass is 638 g/mol. The van der Waals surface area contributed by atoms with Gasteiger partial charge in [0.2, 0.25) is 23.8 Å². The molecule has 6 N–H and O–H groups in total. The highest BCUT2D eigenvalue weighted by molar-refractivity contribution is 5.79. The number of ether oxygens (including phenoxy) is 1. The van der Waals surface area contributed by atoms with E-state index in [1.165, 1.54) is 13.2 Å². The fourth-order valence-corrected chi connectivity index (χ4v) is 4.80. The number of hydrogen-bond donors (Lipinski definition) is 6. The molecule has 2 unspecified atom stereocenters. The number of unbranched alkanes of at least 4 members (excludes halogenated alkanes) is 1. The molecule has 3 rings (SSSR count). The Morgan fingerprint density at radius 2 is 1.61 bits per heavy atom. The predicted molar refractivity (Wildman–Crippen MR) is 169 cm³/mol. The van der Waals surface area contributed by atoms with Gasteiger partial charge in [-0.15, -0.1) is 0 Å². The topological polar surface area (TPSA) is 209 Å². The van der Waals surface area contributed by atoms with Gasteiger partial charge in [0.25, 0.3) is 0 Å². The lowest BCUT2D eigenvalue weighted by molar-refractivity contribution is -0.537. The number of carbonyl (C=O) groups is 3. The Morgan fingerprint density at radius 1 is 0.935 bits per heavy atom. The number of rotatable bonds is 20. The molecule has 14 nitrogen and oxygen atoms in total. The van der Waals surface area contributed by atoms with Crippen molar-refractivity contribution in [1.82, 2.24) is 25.9 Å². The number of nitrogens with one attached hydrogen (secondary N) is 4. The van der Waals surface area contributed by atoms with Crippen molar-refractivity contribution in [2.24, 2.45) is 0 Å². The van der Waals surface area contributed by atoms with E-state index in [0.717, 1.165) is 11.3 Å². The summed E-state index contributed by atoms with van der Waals surface area (Å²) in [5, 5.41) is 40.3. The average molecular weight is 639 g/mol. The number of H-pyrrole nitrogens is 1. The molecule has 2 atom stereocenters. The van der Waals surface area contributed by atoms with Crippen molar-refractivity contribution < 1.29 is 34.3 Å². The number of methoxy groups -OCH3 is 1. The Hall–Kier alpha value is -4.98. The van der Waals surface area contributed by atoms with E-state index < -0.39 is 17.1 Å². The van der Waals surface area contributed by atoms with E-state index in [0.29, 0.717) is 43.4 Å². The zero-order valence-electron chi connectivity index (χ0n) is 25.9. The number of amides is 3. The first-order valence-corrected chi connectivity index (χ1v) is 15.2. The fraction of sp³-hybridized carbons (Fsp3) is 0.438. The molecule has 0 radical (unpaired) electrons. The molecule has 3 amide bonds. The lowest BCUT2D eigenvalue weighted by Gasteiger charge is -2.17. The number of hydrogen-bond acceptors (Lipinski definition) is 9. The van der Waals surface area contributed by atoms with Gasteiger partial charge in [-0.1, -0.05) is 30.3 Å². The van der Waals surface area contributed by atoms with Gasteiger partial charge in [-0.2, -0.15) is 0 Å². The molecule has 0 bridgehead atoms. The fourth-order valence-electron chi connectivity index (χ4n) is 4.80. The Kier molecular flexibility index (Phi) is 14.5. The molecule has 3 aromatic rings. The molecule has 0 saturated carbocycles. The highest BCUT2D eigenvalue weighted by atomic mass is 16.6. The number of nitrogens with zero attached hydrogens (tertiary/aromatic N) is 2. The van der Waals surface area contributed by atoms with E-state index >= 15 is 0 Å². The molecule has 2 aromatic carbocycles. The number of benzene rings is 2. The second-order valence-corrected chi connectivity index (χ2v) is 10.8. The van der Waals surface area contributed by atoms with Crippen molar-refractivity contribution in [2.75, 3.05) is 26.7 Å². The van der Waals surface area contributed by atoms with Crippen LogP contribution in [-0.2, 0) is 33.6 Å². The maximum atomic E-state index is 12.3. The van der Waals surface area contributed by atoms with Gasteiger partial charge in [0, 0.05) is 56.4 Å². The highest BCUT2D eigenvalue weighted by Crippen LogP contribution is 2.26. The first-order chi connectivity index (χ1) is 22.2. The molecule has 0 aliphatic rings. The minimum atomic E-state index is -1.30. The van der Waals surface area contributed by atoms with Crippen LogP contribution in [0.4, 0.5) is 0 Å². The summed E-state index contributed by atoms with van der Waals surface area (Å²) in [6.45, 7) is 0.970. The van der Waals surface area contributed by atoms with Gasteiger partial charge in [-0.3, -0.25) is 24.5 Å². The van der Waals surface area contributed by atoms with Crippen LogP contribution in [0.3, 0.4) is 0 Å². The first kappa shape index (κ1) is 35.5. The molecular formula is C32H42N6O8. The molecule has 0 aliphatic carbocycles. The zero-order chi connectivity index (χ0) is 33.3. The van der Waals surface area contributed by atoms with Gasteiger partial charge in [0.1, 0.15) is 6.10 Å². The normalized spacial score (nSPS) is 12.1. The van der Waals surface area contributed by atoms with Crippen LogP contribution in [0.15, 0.2) is 55.0 Å². The van der Waals surface area contributed by atoms with Gasteiger partial charge in [-0.25, -0.2) is 4.98 Å². The summed E-state index contributed by atoms with van der Waals surface area (Å²) in [5.74, 6) is -0.280. The second-order valence-electron chi connectivity index (χ2n) is 10.8. The lowest BCUT2D eigenvalue weighted by atomic mass is 9.96. The van der Waals surface area contributed by atoms with Crippen molar-refractivity contribution in [3.8, 4) is 11.5 Å². The number of imidazole rings is 1. The Bertz CT molecular complexity index is 1410. The van der Waals surface area contributed by atoms with Gasteiger partial charge in [-0.05, 0) is 48.1 Å². The molecule has 0 spiro atoms. The first-order valence-electron chi connectivity index (χ1n) is 15.2. The van der Waals surface area contributed by atoms with Gasteiger partial charge in [0.05, 0.1) is 25.6 Å². The molecular weight excluding hydrogens is 596 g/mol. The van der Waals surface area contributed by atoms with Crippen LogP contribution in [0.5, 0.6) is 11.5 Å². The summed E-state index contributed by atoms with van der Waals surface area (Å²) >= 11 is 0. The lowest BCUT2D eigenvalue weighted by Crippen LogP contribution is -2.35. The number of nitro groups is 1. The number of carbonyl (C=O) groups excluding carboxylic acids is 3. The van der Waals surface area contributed by atoms with Crippen LogP contribution in [0.1, 0.15) is 60.6 Å². The van der Waals surface area contributed by atoms with Crippen LogP contribution in [0, 0.1) is 10.1 Å². The minimum absolute atomic E-state index is 0.00821. The summed E-state index contributed by atoms with van der Waals surface area (Å²) in [5.41, 5.74) is 2.77. The van der Waals surface area contributed by atoms with Crippen LogP contribution in [0.2, 0.25) is 0 Å². The molecule has 46 heavy (non-hydrogen) atoms. The summed E-state index contributed by atoms with van der Waals surface area (Å²) in [4.78, 5) is 54.6. The van der Waals surface area contributed by atoms with E-state index in [-0.39, 0.29) is 68.0 Å². The third kappa shape index (κ3) is 12.2. The third-order valence-corrected chi connectivity index (χ3v) is 7.39. The van der Waals surface area contributed by atoms with Crippen LogP contribution >= 0.6 is 0 Å². The standard InChI is InChI=1S/C32H42N6O8/c1-46-28-18-23(8-12-27(28)39)19-31(42)36-17-16-35-30(41)13-9-22-6-10-24(11-7-22)32(43)26(38(44)45)4-2-3-5-29(40)34-15-14-25-20-33-21-37-25/h6-8,10-12,18,20-21,26,32,39,43H,2-5,9,13-17,19H2,1H3,(H,33,37)(H,34,40)(H,35,41)(H,36,42). The van der Waals surface area contributed by atoms with Crippen molar-refractivity contribution in [3.63, 3.8) is 0 Å². The summed E-state index contributed by atoms with van der Waals surface area (Å²) in [6.07, 6.45) is 4.63. The Labute approximate surface area is 267 Å². The molecule has 0 fully saturated rings. The largest absolute Gasteiger partial charge is 0.504 e. The van der Waals surface area contributed by atoms with Gasteiger partial charge >= 0.3 is 0 Å². The smallest absolute Gasteiger partial charge is 0.242 e. The molecule has 0 saturated heterocycles. The predicted octanol–water partition coefficient (Wildman–Crippen LogP) is 2.13. The number of aryl methyl sites for hydroxylation is 1. The van der Waals surface area contributed by atoms with Crippen LogP contribution in [0.25, 0.3) is 0 Å². The van der Waals surface area contributed by atoms with Gasteiger partial charge in [0.15, 0.2) is 11.5 Å². The number of aromatic amines is 1. The molecule has 0 aliphatic heterocycles. The van der Waals surface area contributed by atoms with Crippen molar-refractivity contribution in [1.29, 1.82) is 0 Å². The number of aliphatic hydroxyl groups excluding tert-OH is 1. The molecule has 1 heterocycles. The van der Waals surface area contributed by atoms with E-state index in [1.54, 1.807) is 48.9 Å². The van der Waals surface area contributed by atoms with Crippen LogP contribution in [-0.4, -0.2) is 75.6 Å². The zero-order valence-corrected chi connectivity index (χ0v) is 25.9. The third-order valence-electron chi connectivity index (χ3n) is 7.39. The number of aromatic nitrogens is 2. The SMILES string of the molecule is COc1cc(CC(=O)NCCNC(=O)CCc2ccc(C(O)C(CCCCC(=O)NCCc3c[nH]cn3)[N+](=O)[O-])cc2)ccc1O. The van der Waals surface area contributed by atoms with E-state index in [1.807, 2.05) is 0 Å². The number of aromatic hydroxyl groups is 1. The molecule has 1 aromatic heterocycles. The van der Waals surface area contributed by atoms with Crippen molar-refractivity contribution in [3.05, 3.63) is 87.5 Å². The summed E-state index contributed by atoms with van der Waals surface area (Å²) in [6, 6.07) is 10.2. The van der Waals surface area contributed by atoms with Crippen molar-refractivity contribution >= 4 is 17.7 Å². The number of phenolic OH excluding ortho intramolecular Hbond substituents is 1. The maximum Gasteiger partial charge on any atom is 0.242 e. The summed E-state index contributed by atoms with van der Waals surface area (Å²) < 4.78 is 5.04. The minimum Gasteiger partial charge on any atom is -0.504 e. The molecule has 248 valence electrons. The van der Waals surface area contributed by atoms with E-state index in [4.69, 9.17) is 4.74 Å². The molecule has 14 heteroatoms. The Balaban J connectivity index is 1.31. The van der Waals surface area contributed by atoms with Gasteiger partial charge < -0.3 is 35.9 Å². The second kappa shape index (κ2) is 18.7. The highest BCUT2D eigenvalue weighted by Gasteiger charge is 2.30. The average Bonchev–Trinajstić information content (AvgIpc) is 3.56. The number of phenols is 1. The maximum absolute atomic E-state index is 12.3. The van der Waals surface area contributed by atoms with E-state index in [2.05, 4.69) is 25.9 Å². The quantitative estimate of drug-likeness (QED) is 0.0607. The Morgan fingerprint density at radius 3 is 2.28 bits per heavy atom. The number of aliphatic hydroxyl groups is 1.